The molecule has 1 aromatic carbocycles. The average Bonchev–Trinajstić information content (AvgIpc) is 3.33. The molecule has 0 saturated carbocycles. The number of aromatic amines is 2. The number of nitriles is 1. The molecule has 2 aromatic rings. The summed E-state index contributed by atoms with van der Waals surface area (Å²) in [7, 11) is 0. The number of nitrogens with one attached hydrogen (secondary N) is 4. The lowest BCUT2D eigenvalue weighted by Crippen LogP contribution is -2.26. The maximum absolute atomic E-state index is 12.8. The quantitative estimate of drug-likeness (QED) is 0.424. The van der Waals surface area contributed by atoms with E-state index in [0.29, 0.717) is 33.8 Å². The van der Waals surface area contributed by atoms with E-state index < -0.39 is 0 Å². The minimum Gasteiger partial charge on any atom is -0.380 e. The second-order valence-corrected chi connectivity index (χ2v) is 6.67. The molecule has 1 aromatic heterocycles. The van der Waals surface area contributed by atoms with Crippen LogP contribution in [-0.2, 0) is 6.54 Å². The molecule has 4 N–H and O–H groups in total. The number of hydrogen-bond acceptors (Lipinski definition) is 6. The number of carbonyl (C=O) groups is 1. The first kappa shape index (κ1) is 17.5. The Bertz CT molecular complexity index is 1150. The third kappa shape index (κ3) is 3.12. The topological polar surface area (TPSA) is 135 Å². The van der Waals surface area contributed by atoms with Crippen molar-refractivity contribution in [2.75, 3.05) is 5.32 Å². The summed E-state index contributed by atoms with van der Waals surface area (Å²) in [6.07, 6.45) is 3.06. The van der Waals surface area contributed by atoms with Gasteiger partial charge in [-0.15, -0.1) is 0 Å². The van der Waals surface area contributed by atoms with Gasteiger partial charge in [-0.25, -0.2) is 9.97 Å². The van der Waals surface area contributed by atoms with Crippen LogP contribution in [-0.4, -0.2) is 37.1 Å². The first-order valence-electron chi connectivity index (χ1n) is 8.80. The van der Waals surface area contributed by atoms with Crippen LogP contribution < -0.4 is 10.6 Å². The molecule has 0 atom stereocenters. The van der Waals surface area contributed by atoms with Gasteiger partial charge in [-0.2, -0.15) is 10.4 Å². The second-order valence-electron chi connectivity index (χ2n) is 6.67. The van der Waals surface area contributed by atoms with Crippen LogP contribution >= 0.6 is 0 Å². The van der Waals surface area contributed by atoms with Crippen molar-refractivity contribution in [1.29, 1.82) is 5.26 Å². The Morgan fingerprint density at radius 2 is 2.21 bits per heavy atom. The molecular weight excluding hydrogens is 356 g/mol. The fraction of sp³-hybridized carbons (Fsp3) is 0.211. The Morgan fingerprint density at radius 1 is 1.36 bits per heavy atom. The number of hydrogen-bond donors (Lipinski definition) is 4. The third-order valence-electron chi connectivity index (χ3n) is 4.29. The van der Waals surface area contributed by atoms with Crippen molar-refractivity contribution in [2.45, 2.75) is 26.4 Å². The standard InChI is InChI=1S/C19H18N8O/c1-10(2)25-17-13(19(28)22-8-15-23-9-24-27-15)7-21-16-12-4-3-11(6-20)5-14(12)26-18(16)17/h3-5,7,9-10,21,25H,8H2,1-2H3,(H,22,28)(H,23,24,27). The summed E-state index contributed by atoms with van der Waals surface area (Å²) in [6, 6.07) is 7.58. The Hall–Kier alpha value is -3.93. The number of H-pyrrole nitrogens is 2. The van der Waals surface area contributed by atoms with Gasteiger partial charge in [0.1, 0.15) is 17.8 Å². The van der Waals surface area contributed by atoms with Gasteiger partial charge in [0, 0.05) is 17.6 Å². The van der Waals surface area contributed by atoms with E-state index in [1.165, 1.54) is 6.33 Å². The van der Waals surface area contributed by atoms with Crippen LogP contribution in [0, 0.1) is 11.3 Å². The average molecular weight is 374 g/mol. The molecule has 1 amide bonds. The van der Waals surface area contributed by atoms with Gasteiger partial charge in [-0.3, -0.25) is 9.89 Å². The highest BCUT2D eigenvalue weighted by Gasteiger charge is 2.23. The smallest absolute Gasteiger partial charge is 0.255 e. The molecule has 4 rings (SSSR count). The van der Waals surface area contributed by atoms with Gasteiger partial charge in [-0.1, -0.05) is 0 Å². The van der Waals surface area contributed by atoms with Crippen molar-refractivity contribution < 1.29 is 4.79 Å². The highest BCUT2D eigenvalue weighted by Crippen LogP contribution is 2.37. The molecule has 28 heavy (non-hydrogen) atoms. The van der Waals surface area contributed by atoms with E-state index in [9.17, 15) is 4.79 Å². The van der Waals surface area contributed by atoms with Gasteiger partial charge in [0.25, 0.3) is 5.91 Å². The lowest BCUT2D eigenvalue weighted by Gasteiger charge is -2.17. The molecule has 0 spiro atoms. The molecule has 0 aliphatic carbocycles. The maximum Gasteiger partial charge on any atom is 0.255 e. The van der Waals surface area contributed by atoms with Crippen molar-refractivity contribution in [3.05, 3.63) is 47.7 Å². The van der Waals surface area contributed by atoms with E-state index >= 15 is 0 Å². The van der Waals surface area contributed by atoms with Gasteiger partial charge >= 0.3 is 0 Å². The summed E-state index contributed by atoms with van der Waals surface area (Å²) in [4.78, 5) is 24.7. The van der Waals surface area contributed by atoms with E-state index in [0.717, 1.165) is 11.1 Å². The van der Waals surface area contributed by atoms with Crippen LogP contribution in [0.3, 0.4) is 0 Å². The molecule has 0 unspecified atom stereocenters. The zero-order valence-electron chi connectivity index (χ0n) is 15.4. The molecule has 140 valence electrons. The molecule has 9 heteroatoms. The van der Waals surface area contributed by atoms with E-state index in [1.54, 1.807) is 18.3 Å². The molecule has 0 fully saturated rings. The first-order chi connectivity index (χ1) is 13.6. The SMILES string of the molecule is CC(C)Nc1c(C(=O)NCc2ncn[nH]2)c[nH]c2c3ccc(C#N)cc3nc1-2. The molecule has 2 aliphatic heterocycles. The van der Waals surface area contributed by atoms with E-state index in [-0.39, 0.29) is 18.5 Å². The van der Waals surface area contributed by atoms with Crippen molar-refractivity contribution in [1.82, 2.24) is 30.5 Å². The van der Waals surface area contributed by atoms with Crippen molar-refractivity contribution >= 4 is 22.5 Å². The Kier molecular flexibility index (Phi) is 4.37. The number of rotatable bonds is 5. The fourth-order valence-corrected chi connectivity index (χ4v) is 3.07. The van der Waals surface area contributed by atoms with Crippen LogP contribution in [0.1, 0.15) is 35.6 Å². The van der Waals surface area contributed by atoms with Crippen LogP contribution in [0.15, 0.2) is 30.7 Å². The highest BCUT2D eigenvalue weighted by molar-refractivity contribution is 6.07. The first-order valence-corrected chi connectivity index (χ1v) is 8.80. The normalized spacial score (nSPS) is 11.1. The van der Waals surface area contributed by atoms with Gasteiger partial charge in [0.15, 0.2) is 0 Å². The van der Waals surface area contributed by atoms with Gasteiger partial charge < -0.3 is 15.6 Å². The van der Waals surface area contributed by atoms with Gasteiger partial charge in [0.2, 0.25) is 0 Å². The molecule has 9 nitrogen and oxygen atoms in total. The maximum atomic E-state index is 12.8. The van der Waals surface area contributed by atoms with E-state index in [2.05, 4.69) is 41.9 Å². The number of pyridine rings is 1. The van der Waals surface area contributed by atoms with Crippen molar-refractivity contribution in [2.24, 2.45) is 0 Å². The van der Waals surface area contributed by atoms with Crippen LogP contribution in [0.25, 0.3) is 22.3 Å². The minimum absolute atomic E-state index is 0.0981. The number of aromatic nitrogens is 5. The summed E-state index contributed by atoms with van der Waals surface area (Å²) >= 11 is 0. The minimum atomic E-state index is -0.262. The number of nitrogens with zero attached hydrogens (tertiary/aromatic N) is 4. The van der Waals surface area contributed by atoms with Gasteiger partial charge in [-0.05, 0) is 32.0 Å². The highest BCUT2D eigenvalue weighted by atomic mass is 16.1. The van der Waals surface area contributed by atoms with Crippen molar-refractivity contribution in [3.63, 3.8) is 0 Å². The molecule has 3 heterocycles. The predicted octanol–water partition coefficient (Wildman–Crippen LogP) is 2.41. The number of fused-ring (bicyclic) bond motifs is 3. The monoisotopic (exact) mass is 374 g/mol. The van der Waals surface area contributed by atoms with Gasteiger partial charge in [0.05, 0.1) is 40.6 Å². The molecule has 2 aliphatic rings. The van der Waals surface area contributed by atoms with Crippen LogP contribution in [0.4, 0.5) is 5.69 Å². The predicted molar refractivity (Wildman–Crippen MR) is 104 cm³/mol. The molecule has 0 bridgehead atoms. The van der Waals surface area contributed by atoms with Crippen molar-refractivity contribution in [3.8, 4) is 17.5 Å². The number of carbonyl (C=O) groups excluding carboxylic acids is 1. The molecule has 0 saturated heterocycles. The van der Waals surface area contributed by atoms with Crippen LogP contribution in [0.5, 0.6) is 0 Å². The molecule has 0 radical (unpaired) electrons. The number of anilines is 1. The summed E-state index contributed by atoms with van der Waals surface area (Å²) < 4.78 is 0. The fourth-order valence-electron chi connectivity index (χ4n) is 3.07. The van der Waals surface area contributed by atoms with E-state index in [4.69, 9.17) is 5.26 Å². The largest absolute Gasteiger partial charge is 0.380 e. The Morgan fingerprint density at radius 3 is 2.93 bits per heavy atom. The Balaban J connectivity index is 1.78. The third-order valence-corrected chi connectivity index (χ3v) is 4.29. The zero-order chi connectivity index (χ0) is 19.7. The zero-order valence-corrected chi connectivity index (χ0v) is 15.4. The van der Waals surface area contributed by atoms with E-state index in [1.807, 2.05) is 19.9 Å². The summed E-state index contributed by atoms with van der Waals surface area (Å²) in [5, 5.41) is 22.7. The Labute approximate surface area is 160 Å². The lowest BCUT2D eigenvalue weighted by atomic mass is 10.1. The van der Waals surface area contributed by atoms with Crippen LogP contribution in [0.2, 0.25) is 0 Å². The summed E-state index contributed by atoms with van der Waals surface area (Å²) in [6.45, 7) is 4.23. The summed E-state index contributed by atoms with van der Waals surface area (Å²) in [5.41, 5.74) is 3.81. The number of amides is 1. The molecular formula is C19H18N8O. The summed E-state index contributed by atoms with van der Waals surface area (Å²) in [5.74, 6) is 0.306. The second kappa shape index (κ2) is 7.00. The number of benzene rings is 1. The lowest BCUT2D eigenvalue weighted by molar-refractivity contribution is 0.0950.